The summed E-state index contributed by atoms with van der Waals surface area (Å²) in [6, 6.07) is 0. The Bertz CT molecular complexity index is 403. The molecule has 2 unspecified atom stereocenters. The molecule has 2 aliphatic heterocycles. The summed E-state index contributed by atoms with van der Waals surface area (Å²) >= 11 is 0. The lowest BCUT2D eigenvalue weighted by Crippen LogP contribution is -2.56. The number of nitrogens with zero attached hydrogens (tertiary/aromatic N) is 2. The lowest BCUT2D eigenvalue weighted by molar-refractivity contribution is -0.103. The van der Waals surface area contributed by atoms with Gasteiger partial charge in [0.05, 0.1) is 17.8 Å². The number of hydrogen-bond acceptors (Lipinski definition) is 5. The Morgan fingerprint density at radius 1 is 1.22 bits per heavy atom. The van der Waals surface area contributed by atoms with Gasteiger partial charge in [0.25, 0.3) is 0 Å². The van der Waals surface area contributed by atoms with Crippen molar-refractivity contribution in [3.63, 3.8) is 0 Å². The van der Waals surface area contributed by atoms with Gasteiger partial charge in [-0.2, -0.15) is 0 Å². The number of aliphatic hydroxyl groups is 1. The molecule has 0 aromatic carbocycles. The van der Waals surface area contributed by atoms with Crippen LogP contribution in [-0.2, 0) is 9.47 Å². The average molecular weight is 328 g/mol. The molecule has 2 heterocycles. The van der Waals surface area contributed by atoms with Gasteiger partial charge in [0.2, 0.25) is 0 Å². The van der Waals surface area contributed by atoms with E-state index in [0.29, 0.717) is 32.5 Å². The molecule has 2 atom stereocenters. The molecule has 6 nitrogen and oxygen atoms in total. The molecule has 2 fully saturated rings. The molecule has 2 aliphatic rings. The monoisotopic (exact) mass is 328 g/mol. The summed E-state index contributed by atoms with van der Waals surface area (Å²) in [5.74, 6) is 0. The number of rotatable bonds is 2. The Morgan fingerprint density at radius 2 is 1.74 bits per heavy atom. The second-order valence-corrected chi connectivity index (χ2v) is 8.14. The molecule has 1 N–H and O–H groups in total. The molecule has 6 heteroatoms. The minimum atomic E-state index is -0.727. The van der Waals surface area contributed by atoms with Crippen LogP contribution in [0.15, 0.2) is 0 Å². The van der Waals surface area contributed by atoms with Gasteiger partial charge in [-0.15, -0.1) is 0 Å². The number of hydrogen-bond donors (Lipinski definition) is 1. The van der Waals surface area contributed by atoms with Gasteiger partial charge < -0.3 is 19.5 Å². The van der Waals surface area contributed by atoms with Gasteiger partial charge in [-0.25, -0.2) is 4.79 Å². The van der Waals surface area contributed by atoms with Crippen LogP contribution in [0.2, 0.25) is 0 Å². The van der Waals surface area contributed by atoms with Crippen LogP contribution < -0.4 is 0 Å². The van der Waals surface area contributed by atoms with E-state index in [2.05, 4.69) is 18.7 Å². The van der Waals surface area contributed by atoms with Crippen molar-refractivity contribution in [2.45, 2.75) is 70.9 Å². The number of carbonyl (C=O) groups excluding carboxylic acids is 1. The van der Waals surface area contributed by atoms with Crippen LogP contribution in [0.25, 0.3) is 0 Å². The summed E-state index contributed by atoms with van der Waals surface area (Å²) in [5, 5.41) is 10.9. The highest BCUT2D eigenvalue weighted by atomic mass is 16.6. The number of carbonyl (C=O) groups is 1. The van der Waals surface area contributed by atoms with Crippen molar-refractivity contribution >= 4 is 6.09 Å². The molecule has 2 rings (SSSR count). The third-order valence-electron chi connectivity index (χ3n) is 4.36. The fraction of sp³-hybridized carbons (Fsp3) is 0.941. The molecule has 0 aromatic heterocycles. The van der Waals surface area contributed by atoms with E-state index < -0.39 is 11.2 Å². The minimum absolute atomic E-state index is 0.198. The number of piperidine rings is 1. The van der Waals surface area contributed by atoms with Gasteiger partial charge in [-0.1, -0.05) is 0 Å². The first-order valence-corrected chi connectivity index (χ1v) is 8.64. The quantitative estimate of drug-likeness (QED) is 0.838. The molecule has 0 aliphatic carbocycles. The van der Waals surface area contributed by atoms with Crippen molar-refractivity contribution in [2.75, 3.05) is 32.7 Å². The predicted octanol–water partition coefficient (Wildman–Crippen LogP) is 1.86. The number of β-amino-alcohol motifs (C(OH)–C–C–N with tert-alkyl or cyclic N) is 1. The van der Waals surface area contributed by atoms with E-state index in [1.807, 2.05) is 20.8 Å². The first-order chi connectivity index (χ1) is 10.6. The highest BCUT2D eigenvalue weighted by Gasteiger charge is 2.38. The summed E-state index contributed by atoms with van der Waals surface area (Å²) in [6.07, 6.45) is 1.29. The molecule has 2 saturated heterocycles. The van der Waals surface area contributed by atoms with Crippen molar-refractivity contribution < 1.29 is 19.4 Å². The summed E-state index contributed by atoms with van der Waals surface area (Å²) in [7, 11) is 0. The van der Waals surface area contributed by atoms with Gasteiger partial charge in [-0.05, 0) is 47.5 Å². The Kier molecular flexibility index (Phi) is 5.59. The Balaban J connectivity index is 1.83. The SMILES string of the molecule is CC1CN(CC2(O)CCN(C(=O)OC(C)(C)C)CC2)CC(C)O1. The van der Waals surface area contributed by atoms with E-state index in [1.165, 1.54) is 0 Å². The van der Waals surface area contributed by atoms with Crippen molar-refractivity contribution in [3.05, 3.63) is 0 Å². The standard InChI is InChI=1S/C17H32N2O4/c1-13-10-18(11-14(2)22-13)12-17(21)6-8-19(9-7-17)15(20)23-16(3,4)5/h13-14,21H,6-12H2,1-5H3. The van der Waals surface area contributed by atoms with Crippen molar-refractivity contribution in [1.82, 2.24) is 9.80 Å². The lowest BCUT2D eigenvalue weighted by atomic mass is 9.90. The van der Waals surface area contributed by atoms with Crippen LogP contribution in [-0.4, -0.2) is 77.1 Å². The molecule has 0 bridgehead atoms. The van der Waals surface area contributed by atoms with Crippen LogP contribution in [0.5, 0.6) is 0 Å². The zero-order valence-corrected chi connectivity index (χ0v) is 15.2. The molecule has 23 heavy (non-hydrogen) atoms. The summed E-state index contributed by atoms with van der Waals surface area (Å²) < 4.78 is 11.1. The molecule has 0 radical (unpaired) electrons. The zero-order chi connectivity index (χ0) is 17.3. The predicted molar refractivity (Wildman–Crippen MR) is 88.4 cm³/mol. The molecular formula is C17H32N2O4. The van der Waals surface area contributed by atoms with E-state index in [0.717, 1.165) is 13.1 Å². The third kappa shape index (κ3) is 5.62. The number of likely N-dealkylation sites (tertiary alicyclic amines) is 1. The van der Waals surface area contributed by atoms with Crippen molar-refractivity contribution in [3.8, 4) is 0 Å². The van der Waals surface area contributed by atoms with Gasteiger partial charge in [0.1, 0.15) is 5.60 Å². The van der Waals surface area contributed by atoms with E-state index in [4.69, 9.17) is 9.47 Å². The number of morpholine rings is 1. The van der Waals surface area contributed by atoms with Crippen molar-refractivity contribution in [2.24, 2.45) is 0 Å². The summed E-state index contributed by atoms with van der Waals surface area (Å²) in [6.45, 7) is 13.2. The van der Waals surface area contributed by atoms with Gasteiger partial charge in [0, 0.05) is 32.7 Å². The van der Waals surface area contributed by atoms with Crippen LogP contribution in [0.1, 0.15) is 47.5 Å². The first kappa shape index (κ1) is 18.5. The highest BCUT2D eigenvalue weighted by molar-refractivity contribution is 5.68. The molecule has 134 valence electrons. The normalized spacial score (nSPS) is 29.4. The Labute approximate surface area is 139 Å². The van der Waals surface area contributed by atoms with Crippen LogP contribution in [0.3, 0.4) is 0 Å². The maximum atomic E-state index is 12.1. The maximum Gasteiger partial charge on any atom is 0.410 e. The topological polar surface area (TPSA) is 62.2 Å². The molecule has 1 amide bonds. The third-order valence-corrected chi connectivity index (χ3v) is 4.36. The molecule has 0 spiro atoms. The lowest BCUT2D eigenvalue weighted by Gasteiger charge is -2.43. The van der Waals surface area contributed by atoms with E-state index >= 15 is 0 Å². The molecule has 0 aromatic rings. The Hall–Kier alpha value is -0.850. The van der Waals surface area contributed by atoms with Crippen LogP contribution in [0.4, 0.5) is 4.79 Å². The highest BCUT2D eigenvalue weighted by Crippen LogP contribution is 2.26. The fourth-order valence-corrected chi connectivity index (χ4v) is 3.42. The second kappa shape index (κ2) is 6.95. The zero-order valence-electron chi connectivity index (χ0n) is 15.2. The summed E-state index contributed by atoms with van der Waals surface area (Å²) in [5.41, 5.74) is -1.21. The van der Waals surface area contributed by atoms with Gasteiger partial charge in [-0.3, -0.25) is 4.90 Å². The number of amides is 1. The van der Waals surface area contributed by atoms with Gasteiger partial charge >= 0.3 is 6.09 Å². The second-order valence-electron chi connectivity index (χ2n) is 8.14. The first-order valence-electron chi connectivity index (χ1n) is 8.64. The van der Waals surface area contributed by atoms with E-state index in [-0.39, 0.29) is 18.3 Å². The number of ether oxygens (including phenoxy) is 2. The van der Waals surface area contributed by atoms with Crippen LogP contribution in [0, 0.1) is 0 Å². The molecule has 0 saturated carbocycles. The van der Waals surface area contributed by atoms with E-state index in [1.54, 1.807) is 4.90 Å². The van der Waals surface area contributed by atoms with Crippen LogP contribution >= 0.6 is 0 Å². The van der Waals surface area contributed by atoms with E-state index in [9.17, 15) is 9.90 Å². The fourth-order valence-electron chi connectivity index (χ4n) is 3.42. The summed E-state index contributed by atoms with van der Waals surface area (Å²) in [4.78, 5) is 16.1. The Morgan fingerprint density at radius 3 is 2.22 bits per heavy atom. The average Bonchev–Trinajstić information content (AvgIpc) is 2.35. The molecular weight excluding hydrogens is 296 g/mol. The van der Waals surface area contributed by atoms with Gasteiger partial charge in [0.15, 0.2) is 0 Å². The largest absolute Gasteiger partial charge is 0.444 e. The minimum Gasteiger partial charge on any atom is -0.444 e. The smallest absolute Gasteiger partial charge is 0.410 e. The maximum absolute atomic E-state index is 12.1. The van der Waals surface area contributed by atoms with Crippen molar-refractivity contribution in [1.29, 1.82) is 0 Å².